The first kappa shape index (κ1) is 10.2. The Labute approximate surface area is 90.4 Å². The third kappa shape index (κ3) is 2.37. The Bertz CT molecular complexity index is 389. The van der Waals surface area contributed by atoms with Crippen LogP contribution in [0.25, 0.3) is 0 Å². The van der Waals surface area contributed by atoms with Crippen LogP contribution in [-0.4, -0.2) is 16.7 Å². The Balaban J connectivity index is 2.03. The van der Waals surface area contributed by atoms with E-state index in [0.717, 1.165) is 31.4 Å². The molecule has 1 aromatic heterocycles. The summed E-state index contributed by atoms with van der Waals surface area (Å²) < 4.78 is 0. The summed E-state index contributed by atoms with van der Waals surface area (Å²) in [5.74, 6) is 6.69. The van der Waals surface area contributed by atoms with Gasteiger partial charge in [-0.25, -0.2) is 0 Å². The molecule has 1 atom stereocenters. The van der Waals surface area contributed by atoms with Crippen LogP contribution in [0, 0.1) is 11.8 Å². The lowest BCUT2D eigenvalue weighted by Crippen LogP contribution is -1.92. The maximum absolute atomic E-state index is 8.64. The summed E-state index contributed by atoms with van der Waals surface area (Å²) in [6.45, 7) is 0.230. The Morgan fingerprint density at radius 2 is 2.47 bits per heavy atom. The summed E-state index contributed by atoms with van der Waals surface area (Å²) in [7, 11) is 0. The molecule has 2 heteroatoms. The van der Waals surface area contributed by atoms with Gasteiger partial charge in [-0.3, -0.25) is 4.98 Å². The van der Waals surface area contributed by atoms with Gasteiger partial charge in [0, 0.05) is 19.2 Å². The van der Waals surface area contributed by atoms with Crippen LogP contribution in [0.3, 0.4) is 0 Å². The molecule has 1 aromatic rings. The van der Waals surface area contributed by atoms with Crippen molar-refractivity contribution in [3.8, 4) is 11.8 Å². The van der Waals surface area contributed by atoms with Gasteiger partial charge in [-0.2, -0.15) is 0 Å². The van der Waals surface area contributed by atoms with E-state index in [1.165, 1.54) is 5.56 Å². The van der Waals surface area contributed by atoms with Gasteiger partial charge < -0.3 is 5.11 Å². The minimum Gasteiger partial charge on any atom is -0.396 e. The second kappa shape index (κ2) is 4.95. The lowest BCUT2D eigenvalue weighted by atomic mass is 10.1. The molecule has 0 saturated carbocycles. The molecular weight excluding hydrogens is 186 g/mol. The van der Waals surface area contributed by atoms with Gasteiger partial charge in [-0.05, 0) is 30.9 Å². The van der Waals surface area contributed by atoms with Crippen molar-refractivity contribution in [1.82, 2.24) is 4.98 Å². The Kier molecular flexibility index (Phi) is 3.37. The first-order chi connectivity index (χ1) is 7.42. The normalized spacial score (nSPS) is 18.1. The molecule has 0 spiro atoms. The summed E-state index contributed by atoms with van der Waals surface area (Å²) in [6, 6.07) is 4.12. The van der Waals surface area contributed by atoms with Crippen LogP contribution in [0.1, 0.15) is 36.4 Å². The molecule has 15 heavy (non-hydrogen) atoms. The largest absolute Gasteiger partial charge is 0.396 e. The van der Waals surface area contributed by atoms with Gasteiger partial charge in [0.15, 0.2) is 0 Å². The topological polar surface area (TPSA) is 33.1 Å². The molecule has 0 saturated heterocycles. The number of pyridine rings is 1. The van der Waals surface area contributed by atoms with Gasteiger partial charge in [0.1, 0.15) is 0 Å². The zero-order chi connectivity index (χ0) is 10.5. The highest BCUT2D eigenvalue weighted by molar-refractivity contribution is 5.34. The lowest BCUT2D eigenvalue weighted by Gasteiger charge is -2.00. The van der Waals surface area contributed by atoms with Crippen LogP contribution in [0.4, 0.5) is 0 Å². The van der Waals surface area contributed by atoms with Crippen molar-refractivity contribution in [2.45, 2.75) is 31.6 Å². The highest BCUT2D eigenvalue weighted by Gasteiger charge is 2.21. The zero-order valence-electron chi connectivity index (χ0n) is 8.74. The van der Waals surface area contributed by atoms with E-state index in [1.54, 1.807) is 0 Å². The van der Waals surface area contributed by atoms with Crippen molar-refractivity contribution in [1.29, 1.82) is 0 Å². The molecule has 1 N–H and O–H groups in total. The number of rotatable bonds is 2. The molecule has 1 aliphatic rings. The number of hydrogen-bond donors (Lipinski definition) is 1. The van der Waals surface area contributed by atoms with E-state index in [9.17, 15) is 0 Å². The number of unbranched alkanes of at least 4 members (excludes halogenated alkanes) is 1. The van der Waals surface area contributed by atoms with E-state index in [-0.39, 0.29) is 6.61 Å². The third-order valence-corrected chi connectivity index (χ3v) is 2.69. The molecule has 0 fully saturated rings. The number of aryl methyl sites for hydroxylation is 1. The molecule has 1 unspecified atom stereocenters. The molecule has 1 heterocycles. The van der Waals surface area contributed by atoms with Gasteiger partial charge in [-0.15, -0.1) is 5.92 Å². The number of nitrogens with zero attached hydrogens (tertiary/aromatic N) is 1. The van der Waals surface area contributed by atoms with Crippen LogP contribution in [-0.2, 0) is 6.42 Å². The smallest absolute Gasteiger partial charge is 0.0631 e. The summed E-state index contributed by atoms with van der Waals surface area (Å²) in [4.78, 5) is 4.39. The maximum atomic E-state index is 8.64. The standard InChI is InChI=1S/C13H15NO/c15-10-3-1-2-5-11-7-8-12-6-4-9-14-13(11)12/h4,6,9,11,15H,1,3,7-8,10H2. The van der Waals surface area contributed by atoms with Crippen LogP contribution in [0.5, 0.6) is 0 Å². The predicted molar refractivity (Wildman–Crippen MR) is 59.4 cm³/mol. The van der Waals surface area contributed by atoms with E-state index in [0.29, 0.717) is 5.92 Å². The molecule has 0 bridgehead atoms. The van der Waals surface area contributed by atoms with Gasteiger partial charge in [0.25, 0.3) is 0 Å². The average Bonchev–Trinajstić information content (AvgIpc) is 2.68. The Hall–Kier alpha value is -1.33. The third-order valence-electron chi connectivity index (χ3n) is 2.69. The molecule has 2 rings (SSSR count). The fraction of sp³-hybridized carbons (Fsp3) is 0.462. The molecular formula is C13H15NO. The minimum atomic E-state index is 0.230. The number of fused-ring (bicyclic) bond motifs is 1. The molecule has 2 nitrogen and oxygen atoms in total. The monoisotopic (exact) mass is 201 g/mol. The zero-order valence-corrected chi connectivity index (χ0v) is 8.74. The number of aromatic nitrogens is 1. The molecule has 1 aliphatic carbocycles. The first-order valence-electron chi connectivity index (χ1n) is 5.45. The highest BCUT2D eigenvalue weighted by Crippen LogP contribution is 2.30. The number of hydrogen-bond acceptors (Lipinski definition) is 2. The van der Waals surface area contributed by atoms with E-state index in [2.05, 4.69) is 22.9 Å². The Morgan fingerprint density at radius 3 is 3.33 bits per heavy atom. The summed E-state index contributed by atoms with van der Waals surface area (Å²) in [5.41, 5.74) is 2.51. The molecule has 0 amide bonds. The van der Waals surface area contributed by atoms with E-state index >= 15 is 0 Å². The van der Waals surface area contributed by atoms with E-state index < -0.39 is 0 Å². The second-order valence-electron chi connectivity index (χ2n) is 3.79. The summed E-state index contributed by atoms with van der Waals surface area (Å²) >= 11 is 0. The van der Waals surface area contributed by atoms with Crippen molar-refractivity contribution in [3.05, 3.63) is 29.6 Å². The SMILES string of the molecule is OCCCC#CC1CCc2cccnc21. The van der Waals surface area contributed by atoms with Gasteiger partial charge in [-0.1, -0.05) is 12.0 Å². The average molecular weight is 201 g/mol. The summed E-state index contributed by atoms with van der Waals surface area (Å²) in [5, 5.41) is 8.64. The van der Waals surface area contributed by atoms with Crippen molar-refractivity contribution in [2.75, 3.05) is 6.61 Å². The quantitative estimate of drug-likeness (QED) is 0.585. The molecule has 0 aromatic carbocycles. The van der Waals surface area contributed by atoms with Crippen LogP contribution >= 0.6 is 0 Å². The predicted octanol–water partition coefficient (Wildman–Crippen LogP) is 1.89. The van der Waals surface area contributed by atoms with Crippen molar-refractivity contribution in [3.63, 3.8) is 0 Å². The fourth-order valence-electron chi connectivity index (χ4n) is 1.92. The van der Waals surface area contributed by atoms with Crippen LogP contribution in [0.15, 0.2) is 18.3 Å². The minimum absolute atomic E-state index is 0.230. The summed E-state index contributed by atoms with van der Waals surface area (Å²) in [6.07, 6.45) is 5.59. The number of aliphatic hydroxyl groups excluding tert-OH is 1. The molecule has 0 radical (unpaired) electrons. The van der Waals surface area contributed by atoms with Crippen LogP contribution < -0.4 is 0 Å². The molecule has 0 aliphatic heterocycles. The van der Waals surface area contributed by atoms with Crippen LogP contribution in [0.2, 0.25) is 0 Å². The lowest BCUT2D eigenvalue weighted by molar-refractivity contribution is 0.290. The highest BCUT2D eigenvalue weighted by atomic mass is 16.2. The van der Waals surface area contributed by atoms with Gasteiger partial charge in [0.2, 0.25) is 0 Å². The van der Waals surface area contributed by atoms with Crippen molar-refractivity contribution < 1.29 is 5.11 Å². The number of aliphatic hydroxyl groups is 1. The molecule has 78 valence electrons. The fourth-order valence-corrected chi connectivity index (χ4v) is 1.92. The second-order valence-corrected chi connectivity index (χ2v) is 3.79. The van der Waals surface area contributed by atoms with Gasteiger partial charge >= 0.3 is 0 Å². The van der Waals surface area contributed by atoms with Crippen molar-refractivity contribution in [2.24, 2.45) is 0 Å². The van der Waals surface area contributed by atoms with Gasteiger partial charge in [0.05, 0.1) is 11.6 Å². The van der Waals surface area contributed by atoms with Crippen molar-refractivity contribution >= 4 is 0 Å². The van der Waals surface area contributed by atoms with E-state index in [1.807, 2.05) is 12.3 Å². The Morgan fingerprint density at radius 1 is 1.53 bits per heavy atom. The van der Waals surface area contributed by atoms with E-state index in [4.69, 9.17) is 5.11 Å². The maximum Gasteiger partial charge on any atom is 0.0631 e. The first-order valence-corrected chi connectivity index (χ1v) is 5.45.